The Balaban J connectivity index is 1.96. The van der Waals surface area contributed by atoms with Crippen molar-refractivity contribution in [1.29, 1.82) is 0 Å². The molecule has 1 atom stereocenters. The van der Waals surface area contributed by atoms with E-state index in [1.165, 1.54) is 11.8 Å². The van der Waals surface area contributed by atoms with Gasteiger partial charge in [0.2, 0.25) is 11.1 Å². The average Bonchev–Trinajstić information content (AvgIpc) is 2.94. The summed E-state index contributed by atoms with van der Waals surface area (Å²) >= 11 is 7.12. The molecule has 0 bridgehead atoms. The number of halogens is 1. The van der Waals surface area contributed by atoms with Crippen molar-refractivity contribution in [3.05, 3.63) is 29.3 Å². The van der Waals surface area contributed by atoms with Crippen molar-refractivity contribution in [3.63, 3.8) is 0 Å². The lowest BCUT2D eigenvalue weighted by molar-refractivity contribution is -0.119. The fourth-order valence-corrected chi connectivity index (χ4v) is 2.58. The van der Waals surface area contributed by atoms with Gasteiger partial charge in [-0.25, -0.2) is 0 Å². The van der Waals surface area contributed by atoms with Gasteiger partial charge in [0, 0.05) is 18.2 Å². The molecule has 0 saturated carbocycles. The SMILES string of the molecule is COC[C@H](C)NC(=O)CSc1nnnn1-c1ccc(Cl)cc1. The fourth-order valence-electron chi connectivity index (χ4n) is 1.75. The zero-order valence-electron chi connectivity index (χ0n) is 12.2. The number of amides is 1. The number of nitrogens with one attached hydrogen (secondary N) is 1. The first kappa shape index (κ1) is 16.7. The Morgan fingerprint density at radius 2 is 2.18 bits per heavy atom. The van der Waals surface area contributed by atoms with Crippen molar-refractivity contribution in [3.8, 4) is 5.69 Å². The highest BCUT2D eigenvalue weighted by Gasteiger charge is 2.13. The second-order valence-corrected chi connectivity index (χ2v) is 5.94. The van der Waals surface area contributed by atoms with E-state index < -0.39 is 0 Å². The summed E-state index contributed by atoms with van der Waals surface area (Å²) in [5, 5.41) is 15.5. The van der Waals surface area contributed by atoms with Gasteiger partial charge in [-0.3, -0.25) is 4.79 Å². The molecule has 118 valence electrons. The minimum absolute atomic E-state index is 0.0367. The zero-order valence-corrected chi connectivity index (χ0v) is 13.8. The second kappa shape index (κ2) is 8.11. The normalized spacial score (nSPS) is 12.1. The number of rotatable bonds is 7. The van der Waals surface area contributed by atoms with Crippen molar-refractivity contribution >= 4 is 29.3 Å². The van der Waals surface area contributed by atoms with Crippen LogP contribution in [-0.4, -0.2) is 51.6 Å². The highest BCUT2D eigenvalue weighted by Crippen LogP contribution is 2.19. The first-order valence-corrected chi connectivity index (χ1v) is 7.92. The van der Waals surface area contributed by atoms with E-state index in [1.807, 2.05) is 19.1 Å². The van der Waals surface area contributed by atoms with Gasteiger partial charge >= 0.3 is 0 Å². The van der Waals surface area contributed by atoms with Crippen LogP contribution in [0.3, 0.4) is 0 Å². The lowest BCUT2D eigenvalue weighted by Gasteiger charge is -2.12. The Bertz CT molecular complexity index is 619. The molecule has 1 aromatic heterocycles. The number of carbonyl (C=O) groups is 1. The molecule has 0 radical (unpaired) electrons. The van der Waals surface area contributed by atoms with Crippen molar-refractivity contribution < 1.29 is 9.53 Å². The van der Waals surface area contributed by atoms with Crippen LogP contribution < -0.4 is 5.32 Å². The van der Waals surface area contributed by atoms with Gasteiger partial charge < -0.3 is 10.1 Å². The van der Waals surface area contributed by atoms with Crippen LogP contribution in [0.25, 0.3) is 5.69 Å². The quantitative estimate of drug-likeness (QED) is 0.770. The molecule has 1 aromatic carbocycles. The smallest absolute Gasteiger partial charge is 0.230 e. The molecule has 0 fully saturated rings. The predicted octanol–water partition coefficient (Wildman–Crippen LogP) is 1.56. The Kier molecular flexibility index (Phi) is 6.17. The van der Waals surface area contributed by atoms with Crippen molar-refractivity contribution in [1.82, 2.24) is 25.5 Å². The summed E-state index contributed by atoms with van der Waals surface area (Å²) in [6.07, 6.45) is 0. The number of carbonyl (C=O) groups excluding carboxylic acids is 1. The van der Waals surface area contributed by atoms with Crippen LogP contribution >= 0.6 is 23.4 Å². The number of hydrogen-bond donors (Lipinski definition) is 1. The summed E-state index contributed by atoms with van der Waals surface area (Å²) in [7, 11) is 1.59. The van der Waals surface area contributed by atoms with E-state index in [4.69, 9.17) is 16.3 Å². The Hall–Kier alpha value is -1.64. The van der Waals surface area contributed by atoms with Gasteiger partial charge in [0.1, 0.15) is 0 Å². The third kappa shape index (κ3) is 4.69. The number of ether oxygens (including phenoxy) is 1. The van der Waals surface area contributed by atoms with Crippen molar-refractivity contribution in [2.45, 2.75) is 18.1 Å². The monoisotopic (exact) mass is 341 g/mol. The number of nitrogens with zero attached hydrogens (tertiary/aromatic N) is 4. The molecule has 0 aliphatic rings. The molecule has 0 aliphatic carbocycles. The van der Waals surface area contributed by atoms with Gasteiger partial charge in [-0.2, -0.15) is 4.68 Å². The second-order valence-electron chi connectivity index (χ2n) is 4.56. The molecule has 0 unspecified atom stereocenters. The van der Waals surface area contributed by atoms with Gasteiger partial charge in [-0.15, -0.1) is 5.10 Å². The molecule has 1 amide bonds. The van der Waals surface area contributed by atoms with Crippen LogP contribution in [0.1, 0.15) is 6.92 Å². The molecule has 1 heterocycles. The number of hydrogen-bond acceptors (Lipinski definition) is 6. The standard InChI is InChI=1S/C13H16ClN5O2S/c1-9(7-21-2)15-12(20)8-22-13-16-17-18-19(13)11-5-3-10(14)4-6-11/h3-6,9H,7-8H2,1-2H3,(H,15,20)/t9-/m0/s1. The molecule has 0 saturated heterocycles. The number of tetrazole rings is 1. The molecule has 0 aliphatic heterocycles. The van der Waals surface area contributed by atoms with Gasteiger partial charge in [-0.1, -0.05) is 23.4 Å². The minimum atomic E-state index is -0.0970. The Morgan fingerprint density at radius 3 is 2.86 bits per heavy atom. The highest BCUT2D eigenvalue weighted by atomic mass is 35.5. The van der Waals surface area contributed by atoms with Gasteiger partial charge in [0.25, 0.3) is 0 Å². The number of aromatic nitrogens is 4. The lowest BCUT2D eigenvalue weighted by Crippen LogP contribution is -2.36. The minimum Gasteiger partial charge on any atom is -0.383 e. The van der Waals surface area contributed by atoms with E-state index in [9.17, 15) is 4.79 Å². The van der Waals surface area contributed by atoms with Gasteiger partial charge in [0.15, 0.2) is 0 Å². The summed E-state index contributed by atoms with van der Waals surface area (Å²) < 4.78 is 6.54. The predicted molar refractivity (Wildman–Crippen MR) is 84.4 cm³/mol. The van der Waals surface area contributed by atoms with E-state index in [0.29, 0.717) is 16.8 Å². The van der Waals surface area contributed by atoms with Crippen LogP contribution in [0.2, 0.25) is 5.02 Å². The van der Waals surface area contributed by atoms with Gasteiger partial charge in [-0.05, 0) is 41.6 Å². The highest BCUT2D eigenvalue weighted by molar-refractivity contribution is 7.99. The van der Waals surface area contributed by atoms with Crippen LogP contribution in [0.15, 0.2) is 29.4 Å². The molecular weight excluding hydrogens is 326 g/mol. The third-order valence-corrected chi connectivity index (χ3v) is 3.84. The van der Waals surface area contributed by atoms with Crippen molar-refractivity contribution in [2.75, 3.05) is 19.5 Å². The average molecular weight is 342 g/mol. The van der Waals surface area contributed by atoms with E-state index >= 15 is 0 Å². The maximum Gasteiger partial charge on any atom is 0.230 e. The number of methoxy groups -OCH3 is 1. The van der Waals surface area contributed by atoms with E-state index in [0.717, 1.165) is 5.69 Å². The number of thioether (sulfide) groups is 1. The molecule has 22 heavy (non-hydrogen) atoms. The van der Waals surface area contributed by atoms with Gasteiger partial charge in [0.05, 0.1) is 18.0 Å². The first-order chi connectivity index (χ1) is 10.6. The van der Waals surface area contributed by atoms with Crippen LogP contribution in [0.5, 0.6) is 0 Å². The summed E-state index contributed by atoms with van der Waals surface area (Å²) in [5.74, 6) is 0.127. The maximum atomic E-state index is 11.8. The maximum absolute atomic E-state index is 11.8. The number of benzene rings is 1. The zero-order chi connectivity index (χ0) is 15.9. The fraction of sp³-hybridized carbons (Fsp3) is 0.385. The molecule has 9 heteroatoms. The van der Waals surface area contributed by atoms with E-state index in [2.05, 4.69) is 20.8 Å². The Labute approximate surface area is 137 Å². The summed E-state index contributed by atoms with van der Waals surface area (Å²) in [4.78, 5) is 11.8. The summed E-state index contributed by atoms with van der Waals surface area (Å²) in [6, 6.07) is 7.09. The largest absolute Gasteiger partial charge is 0.383 e. The molecule has 7 nitrogen and oxygen atoms in total. The lowest BCUT2D eigenvalue weighted by atomic mass is 10.3. The van der Waals surface area contributed by atoms with Crippen molar-refractivity contribution in [2.24, 2.45) is 0 Å². The molecule has 0 spiro atoms. The molecule has 2 aromatic rings. The van der Waals surface area contributed by atoms with E-state index in [-0.39, 0.29) is 17.7 Å². The summed E-state index contributed by atoms with van der Waals surface area (Å²) in [6.45, 7) is 2.35. The van der Waals surface area contributed by atoms with E-state index in [1.54, 1.807) is 23.9 Å². The van der Waals surface area contributed by atoms with Crippen LogP contribution in [-0.2, 0) is 9.53 Å². The molecular formula is C13H16ClN5O2S. The molecule has 1 N–H and O–H groups in total. The first-order valence-electron chi connectivity index (χ1n) is 6.55. The third-order valence-electron chi connectivity index (χ3n) is 2.67. The van der Waals surface area contributed by atoms with Crippen LogP contribution in [0, 0.1) is 0 Å². The summed E-state index contributed by atoms with van der Waals surface area (Å²) in [5.41, 5.74) is 0.782. The topological polar surface area (TPSA) is 81.9 Å². The van der Waals surface area contributed by atoms with Crippen LogP contribution in [0.4, 0.5) is 0 Å². The molecule has 2 rings (SSSR count). The Morgan fingerprint density at radius 1 is 1.45 bits per heavy atom.